The SMILES string of the molecule is CCCCCCCCCCCCN(CC(O)CN(CCCCCCCCCCCC)C(=O)CCCOS(=O)(=O)[O-])C(=O)CCCOS(=O)(=O)[O-].[Na+].[Na+]. The van der Waals surface area contributed by atoms with E-state index in [0.29, 0.717) is 13.1 Å². The predicted octanol–water partition coefficient (Wildman–Crippen LogP) is 0.368. The molecule has 0 heterocycles. The Labute approximate surface area is 361 Å². The van der Waals surface area contributed by atoms with Gasteiger partial charge in [0.05, 0.1) is 19.3 Å². The van der Waals surface area contributed by atoms with Crippen molar-refractivity contribution < 1.29 is 108 Å². The van der Waals surface area contributed by atoms with Gasteiger partial charge in [-0.1, -0.05) is 129 Å². The minimum absolute atomic E-state index is 0. The maximum absolute atomic E-state index is 13.1. The molecule has 0 aliphatic carbocycles. The average Bonchev–Trinajstić information content (AvgIpc) is 3.04. The van der Waals surface area contributed by atoms with E-state index in [1.54, 1.807) is 0 Å². The number of nitrogens with zero attached hydrogens (tertiary/aromatic N) is 2. The van der Waals surface area contributed by atoms with Crippen LogP contribution in [0.5, 0.6) is 0 Å². The fraction of sp³-hybridized carbons (Fsp3) is 0.943. The molecule has 0 saturated carbocycles. The summed E-state index contributed by atoms with van der Waals surface area (Å²) in [6, 6.07) is 0. The average molecular weight is 803 g/mol. The standard InChI is InChI=1S/C35H70N2O11S2.2Na/c1-3-5-7-9-11-13-15-17-19-21-27-36(34(39)25-23-29-47-49(41,42)43)31-33(38)32-37(35(40)26-24-30-48-50(44,45)46)28-22-20-18-16-14-12-10-8-6-4-2;;/h33,38H,3-32H2,1-2H3,(H,41,42,43)(H,44,45,46);;/q;2*+1/p-2. The largest absolute Gasteiger partial charge is 1.00 e. The van der Waals surface area contributed by atoms with Gasteiger partial charge in [0, 0.05) is 39.0 Å². The second-order valence-electron chi connectivity index (χ2n) is 13.4. The van der Waals surface area contributed by atoms with E-state index in [0.717, 1.165) is 51.4 Å². The van der Waals surface area contributed by atoms with Crippen LogP contribution in [0, 0.1) is 0 Å². The Balaban J connectivity index is -0.0000120. The van der Waals surface area contributed by atoms with Gasteiger partial charge in [-0.3, -0.25) is 18.0 Å². The zero-order valence-electron chi connectivity index (χ0n) is 33.0. The molecule has 0 radical (unpaired) electrons. The van der Waals surface area contributed by atoms with Crippen molar-refractivity contribution in [2.45, 2.75) is 174 Å². The van der Waals surface area contributed by atoms with Crippen LogP contribution in [0.2, 0.25) is 0 Å². The van der Waals surface area contributed by atoms with Crippen LogP contribution < -0.4 is 59.1 Å². The van der Waals surface area contributed by atoms with Gasteiger partial charge in [-0.25, -0.2) is 16.8 Å². The number of hydrogen-bond acceptors (Lipinski definition) is 11. The molecule has 13 nitrogen and oxygen atoms in total. The fourth-order valence-electron chi connectivity index (χ4n) is 5.87. The third-order valence-corrected chi connectivity index (χ3v) is 9.57. The van der Waals surface area contributed by atoms with Crippen LogP contribution in [0.15, 0.2) is 0 Å². The molecular weight excluding hydrogens is 735 g/mol. The summed E-state index contributed by atoms with van der Waals surface area (Å²) in [5.74, 6) is -0.620. The van der Waals surface area contributed by atoms with Crippen molar-refractivity contribution in [3.8, 4) is 0 Å². The van der Waals surface area contributed by atoms with Crippen molar-refractivity contribution >= 4 is 32.6 Å². The molecule has 0 atom stereocenters. The zero-order valence-corrected chi connectivity index (χ0v) is 38.7. The Bertz CT molecular complexity index is 989. The third-order valence-electron chi connectivity index (χ3n) is 8.66. The molecule has 0 saturated heterocycles. The van der Waals surface area contributed by atoms with E-state index in [1.807, 2.05) is 0 Å². The second kappa shape index (κ2) is 37.2. The number of rotatable bonds is 36. The number of unbranched alkanes of at least 4 members (excludes halogenated alkanes) is 18. The first-order valence-electron chi connectivity index (χ1n) is 19.2. The predicted molar refractivity (Wildman–Crippen MR) is 193 cm³/mol. The fourth-order valence-corrected chi connectivity index (χ4v) is 6.51. The summed E-state index contributed by atoms with van der Waals surface area (Å²) in [4.78, 5) is 29.3. The Morgan fingerprint density at radius 3 is 1.06 bits per heavy atom. The van der Waals surface area contributed by atoms with E-state index < -0.39 is 40.1 Å². The Morgan fingerprint density at radius 1 is 0.519 bits per heavy atom. The molecule has 0 aromatic rings. The number of amides is 2. The Hall–Kier alpha value is 0.640. The smallest absolute Gasteiger partial charge is 0.726 e. The normalized spacial score (nSPS) is 11.7. The molecular formula is C35H68N2Na2O11S2. The maximum atomic E-state index is 13.1. The zero-order chi connectivity index (χ0) is 37.5. The van der Waals surface area contributed by atoms with Gasteiger partial charge in [0.15, 0.2) is 0 Å². The number of hydrogen-bond donors (Lipinski definition) is 1. The van der Waals surface area contributed by atoms with Crippen LogP contribution in [-0.2, 0) is 38.8 Å². The van der Waals surface area contributed by atoms with Gasteiger partial charge >= 0.3 is 59.1 Å². The summed E-state index contributed by atoms with van der Waals surface area (Å²) in [6.07, 6.45) is 21.2. The first-order valence-corrected chi connectivity index (χ1v) is 21.9. The van der Waals surface area contributed by atoms with Gasteiger partial charge in [-0.2, -0.15) is 0 Å². The molecule has 52 heavy (non-hydrogen) atoms. The Kier molecular flexibility index (Phi) is 40.8. The van der Waals surface area contributed by atoms with E-state index in [1.165, 1.54) is 86.8 Å². The molecule has 17 heteroatoms. The molecule has 298 valence electrons. The summed E-state index contributed by atoms with van der Waals surface area (Å²) >= 11 is 0. The molecule has 0 aliphatic rings. The van der Waals surface area contributed by atoms with Gasteiger partial charge in [-0.15, -0.1) is 0 Å². The molecule has 2 amide bonds. The van der Waals surface area contributed by atoms with Crippen LogP contribution in [0.1, 0.15) is 168 Å². The van der Waals surface area contributed by atoms with E-state index in [-0.39, 0.29) is 110 Å². The maximum Gasteiger partial charge on any atom is 1.00 e. The van der Waals surface area contributed by atoms with Gasteiger partial charge in [0.25, 0.3) is 0 Å². The van der Waals surface area contributed by atoms with E-state index in [2.05, 4.69) is 22.2 Å². The molecule has 0 spiro atoms. The summed E-state index contributed by atoms with van der Waals surface area (Å²) in [5, 5.41) is 11.1. The number of carbonyl (C=O) groups excluding carboxylic acids is 2. The van der Waals surface area contributed by atoms with Crippen LogP contribution in [0.3, 0.4) is 0 Å². The molecule has 0 bridgehead atoms. The Morgan fingerprint density at radius 2 is 0.788 bits per heavy atom. The van der Waals surface area contributed by atoms with Gasteiger partial charge < -0.3 is 24.0 Å². The first-order chi connectivity index (χ1) is 23.8. The minimum Gasteiger partial charge on any atom is -0.726 e. The quantitative estimate of drug-likeness (QED) is 0.0398. The van der Waals surface area contributed by atoms with Gasteiger partial charge in [-0.05, 0) is 25.7 Å². The van der Waals surface area contributed by atoms with Crippen molar-refractivity contribution in [3.05, 3.63) is 0 Å². The van der Waals surface area contributed by atoms with Crippen molar-refractivity contribution in [2.24, 2.45) is 0 Å². The van der Waals surface area contributed by atoms with Gasteiger partial charge in [0.2, 0.25) is 32.6 Å². The van der Waals surface area contributed by atoms with Gasteiger partial charge in [0.1, 0.15) is 0 Å². The summed E-state index contributed by atoms with van der Waals surface area (Å²) in [7, 11) is -9.71. The summed E-state index contributed by atoms with van der Waals surface area (Å²) < 4.78 is 73.0. The molecule has 0 aromatic heterocycles. The molecule has 1 N–H and O–H groups in total. The topological polar surface area (TPSA) is 194 Å². The number of aliphatic hydroxyl groups is 1. The van der Waals surface area contributed by atoms with Crippen molar-refractivity contribution in [3.63, 3.8) is 0 Å². The van der Waals surface area contributed by atoms with E-state index in [9.17, 15) is 40.6 Å². The van der Waals surface area contributed by atoms with Crippen molar-refractivity contribution in [1.82, 2.24) is 9.80 Å². The van der Waals surface area contributed by atoms with Crippen LogP contribution >= 0.6 is 0 Å². The molecule has 0 fully saturated rings. The summed E-state index contributed by atoms with van der Waals surface area (Å²) in [6.45, 7) is 4.28. The van der Waals surface area contributed by atoms with Crippen LogP contribution in [0.4, 0.5) is 0 Å². The monoisotopic (exact) mass is 802 g/mol. The minimum atomic E-state index is -4.86. The molecule has 0 unspecified atom stereocenters. The molecule has 0 aromatic carbocycles. The first kappa shape index (κ1) is 57.0. The number of aliphatic hydroxyl groups excluding tert-OH is 1. The van der Waals surface area contributed by atoms with E-state index in [4.69, 9.17) is 0 Å². The molecule has 0 aliphatic heterocycles. The van der Waals surface area contributed by atoms with Crippen LogP contribution in [-0.4, -0.2) is 98.2 Å². The number of carbonyl (C=O) groups is 2. The third kappa shape index (κ3) is 38.9. The molecule has 0 rings (SSSR count). The van der Waals surface area contributed by atoms with Crippen LogP contribution in [0.25, 0.3) is 0 Å². The van der Waals surface area contributed by atoms with Crippen molar-refractivity contribution in [2.75, 3.05) is 39.4 Å². The second-order valence-corrected chi connectivity index (χ2v) is 15.5. The summed E-state index contributed by atoms with van der Waals surface area (Å²) in [5.41, 5.74) is 0. The van der Waals surface area contributed by atoms with E-state index >= 15 is 0 Å². The van der Waals surface area contributed by atoms with Crippen molar-refractivity contribution in [1.29, 1.82) is 0 Å².